The Bertz CT molecular complexity index is 563. The maximum absolute atomic E-state index is 11.6. The predicted molar refractivity (Wildman–Crippen MR) is 62.1 cm³/mol. The van der Waals surface area contributed by atoms with Gasteiger partial charge in [-0.1, -0.05) is 6.08 Å². The van der Waals surface area contributed by atoms with Crippen LogP contribution in [0.1, 0.15) is 12.6 Å². The third-order valence-corrected chi connectivity index (χ3v) is 3.10. The summed E-state index contributed by atoms with van der Waals surface area (Å²) in [5, 5.41) is 19.1. The van der Waals surface area contributed by atoms with Crippen molar-refractivity contribution >= 4 is 0 Å². The van der Waals surface area contributed by atoms with Crippen LogP contribution in [0.4, 0.5) is 0 Å². The van der Waals surface area contributed by atoms with E-state index < -0.39 is 35.8 Å². The van der Waals surface area contributed by atoms with E-state index in [4.69, 9.17) is 4.74 Å². The molecule has 0 spiro atoms. The molecule has 0 amide bonds. The fourth-order valence-electron chi connectivity index (χ4n) is 1.99. The maximum atomic E-state index is 11.6. The van der Waals surface area contributed by atoms with Gasteiger partial charge in [0.15, 0.2) is 0 Å². The molecule has 1 aromatic heterocycles. The summed E-state index contributed by atoms with van der Waals surface area (Å²) in [5.74, 6) is 0. The average molecular weight is 254 g/mol. The molecule has 0 aromatic carbocycles. The van der Waals surface area contributed by atoms with Gasteiger partial charge >= 0.3 is 5.69 Å². The number of nitrogens with zero attached hydrogens (tertiary/aromatic N) is 1. The van der Waals surface area contributed by atoms with Crippen LogP contribution in [0, 0.1) is 0 Å². The Balaban J connectivity index is 2.35. The van der Waals surface area contributed by atoms with E-state index in [2.05, 4.69) is 11.6 Å². The number of aliphatic hydroxyl groups is 2. The number of hydrogen-bond donors (Lipinski definition) is 3. The minimum absolute atomic E-state index is 0.124. The summed E-state index contributed by atoms with van der Waals surface area (Å²) >= 11 is 0. The van der Waals surface area contributed by atoms with Gasteiger partial charge in [0.2, 0.25) is 0 Å². The van der Waals surface area contributed by atoms with Crippen LogP contribution in [0.3, 0.4) is 0 Å². The van der Waals surface area contributed by atoms with E-state index in [1.165, 1.54) is 18.3 Å². The molecule has 1 aliphatic heterocycles. The molecule has 1 aliphatic rings. The molecule has 7 heteroatoms. The van der Waals surface area contributed by atoms with Crippen molar-refractivity contribution in [1.29, 1.82) is 0 Å². The number of ether oxygens (including phenoxy) is 1. The zero-order chi connectivity index (χ0) is 13.3. The van der Waals surface area contributed by atoms with Gasteiger partial charge in [-0.15, -0.1) is 6.58 Å². The maximum Gasteiger partial charge on any atom is 0.330 e. The number of H-pyrrole nitrogens is 1. The fraction of sp³-hybridized carbons (Fsp3) is 0.455. The molecule has 2 heterocycles. The lowest BCUT2D eigenvalue weighted by molar-refractivity contribution is -0.0973. The van der Waals surface area contributed by atoms with Gasteiger partial charge in [-0.05, 0) is 0 Å². The number of rotatable bonds is 3. The quantitative estimate of drug-likeness (QED) is 0.584. The summed E-state index contributed by atoms with van der Waals surface area (Å²) in [6.45, 7) is 3.07. The van der Waals surface area contributed by atoms with Gasteiger partial charge in [-0.2, -0.15) is 0 Å². The van der Waals surface area contributed by atoms with Crippen molar-refractivity contribution in [3.63, 3.8) is 0 Å². The molecular formula is C11H14N2O5. The van der Waals surface area contributed by atoms with Gasteiger partial charge in [-0.3, -0.25) is 14.3 Å². The van der Waals surface area contributed by atoms with Crippen LogP contribution in [0.2, 0.25) is 0 Å². The molecule has 3 atom stereocenters. The van der Waals surface area contributed by atoms with E-state index >= 15 is 0 Å². The first kappa shape index (κ1) is 12.7. The van der Waals surface area contributed by atoms with Gasteiger partial charge in [0.25, 0.3) is 5.56 Å². The molecule has 1 aromatic rings. The Morgan fingerprint density at radius 2 is 2.39 bits per heavy atom. The fourth-order valence-corrected chi connectivity index (χ4v) is 1.99. The molecule has 1 saturated heterocycles. The smallest absolute Gasteiger partial charge is 0.330 e. The topological polar surface area (TPSA) is 105 Å². The van der Waals surface area contributed by atoms with Crippen molar-refractivity contribution in [2.24, 2.45) is 0 Å². The Hall–Kier alpha value is -1.70. The number of aromatic nitrogens is 2. The third-order valence-electron chi connectivity index (χ3n) is 3.10. The van der Waals surface area contributed by atoms with Crippen molar-refractivity contribution in [3.8, 4) is 0 Å². The van der Waals surface area contributed by atoms with Gasteiger partial charge < -0.3 is 14.9 Å². The highest BCUT2D eigenvalue weighted by Crippen LogP contribution is 2.36. The van der Waals surface area contributed by atoms with Crippen molar-refractivity contribution < 1.29 is 14.9 Å². The van der Waals surface area contributed by atoms with Crippen LogP contribution in [-0.2, 0) is 4.74 Å². The minimum Gasteiger partial charge on any atom is -0.393 e. The van der Waals surface area contributed by atoms with Gasteiger partial charge in [-0.25, -0.2) is 4.79 Å². The summed E-state index contributed by atoms with van der Waals surface area (Å²) in [6.07, 6.45) is 1.00. The van der Waals surface area contributed by atoms with E-state index in [0.717, 1.165) is 4.57 Å². The number of nitrogens with one attached hydrogen (secondary N) is 1. The van der Waals surface area contributed by atoms with E-state index in [9.17, 15) is 19.8 Å². The standard InChI is InChI=1S/C11H14N2O5/c1-2-11(6-14)7(15)5-9(18-11)13-4-3-8(16)12-10(13)17/h2-4,7,9,14-15H,1,5-6H2,(H,12,16,17)/t7-,9+,11+/m0/s1. The molecule has 98 valence electrons. The Labute approximate surface area is 102 Å². The normalized spacial score (nSPS) is 31.4. The zero-order valence-corrected chi connectivity index (χ0v) is 9.57. The van der Waals surface area contributed by atoms with E-state index in [1.807, 2.05) is 0 Å². The van der Waals surface area contributed by atoms with Crippen molar-refractivity contribution in [1.82, 2.24) is 9.55 Å². The molecule has 2 rings (SSSR count). The molecular weight excluding hydrogens is 240 g/mol. The summed E-state index contributed by atoms with van der Waals surface area (Å²) < 4.78 is 6.65. The molecule has 7 nitrogen and oxygen atoms in total. The molecule has 0 saturated carbocycles. The van der Waals surface area contributed by atoms with Crippen LogP contribution < -0.4 is 11.2 Å². The number of aromatic amines is 1. The number of hydrogen-bond acceptors (Lipinski definition) is 5. The third kappa shape index (κ3) is 1.92. The molecule has 0 bridgehead atoms. The first-order valence-electron chi connectivity index (χ1n) is 5.44. The second-order valence-corrected chi connectivity index (χ2v) is 4.16. The van der Waals surface area contributed by atoms with Gasteiger partial charge in [0.05, 0.1) is 12.7 Å². The minimum atomic E-state index is -1.28. The van der Waals surface area contributed by atoms with Gasteiger partial charge in [0.1, 0.15) is 11.8 Å². The largest absolute Gasteiger partial charge is 0.393 e. The van der Waals surface area contributed by atoms with Crippen molar-refractivity contribution in [2.45, 2.75) is 24.4 Å². The lowest BCUT2D eigenvalue weighted by Gasteiger charge is -2.26. The molecule has 0 aliphatic carbocycles. The van der Waals surface area contributed by atoms with Crippen molar-refractivity contribution in [2.75, 3.05) is 6.61 Å². The Kier molecular flexibility index (Phi) is 3.20. The highest BCUT2D eigenvalue weighted by atomic mass is 16.6. The lowest BCUT2D eigenvalue weighted by Crippen LogP contribution is -2.41. The highest BCUT2D eigenvalue weighted by molar-refractivity contribution is 5.07. The number of aliphatic hydroxyl groups excluding tert-OH is 2. The average Bonchev–Trinajstić information content (AvgIpc) is 2.67. The summed E-state index contributed by atoms with van der Waals surface area (Å²) in [7, 11) is 0. The van der Waals surface area contributed by atoms with E-state index in [1.54, 1.807) is 0 Å². The first-order chi connectivity index (χ1) is 8.52. The Morgan fingerprint density at radius 3 is 2.89 bits per heavy atom. The molecule has 0 unspecified atom stereocenters. The van der Waals surface area contributed by atoms with E-state index in [0.29, 0.717) is 0 Å². The summed E-state index contributed by atoms with van der Waals surface area (Å²) in [4.78, 5) is 24.6. The molecule has 1 fully saturated rings. The van der Waals surface area contributed by atoms with Crippen LogP contribution >= 0.6 is 0 Å². The Morgan fingerprint density at radius 1 is 1.67 bits per heavy atom. The predicted octanol–water partition coefficient (Wildman–Crippen LogP) is -1.27. The second-order valence-electron chi connectivity index (χ2n) is 4.16. The molecule has 3 N–H and O–H groups in total. The second kappa shape index (κ2) is 4.52. The lowest BCUT2D eigenvalue weighted by atomic mass is 9.98. The van der Waals surface area contributed by atoms with Crippen LogP contribution in [0.5, 0.6) is 0 Å². The van der Waals surface area contributed by atoms with E-state index in [-0.39, 0.29) is 6.42 Å². The summed E-state index contributed by atoms with van der Waals surface area (Å²) in [6, 6.07) is 1.18. The van der Waals surface area contributed by atoms with Crippen LogP contribution in [-0.4, -0.2) is 38.1 Å². The highest BCUT2D eigenvalue weighted by Gasteiger charge is 2.46. The van der Waals surface area contributed by atoms with Gasteiger partial charge in [0, 0.05) is 18.7 Å². The molecule has 0 radical (unpaired) electrons. The summed E-state index contributed by atoms with van der Waals surface area (Å²) in [5.41, 5.74) is -2.41. The monoisotopic (exact) mass is 254 g/mol. The zero-order valence-electron chi connectivity index (χ0n) is 9.57. The first-order valence-corrected chi connectivity index (χ1v) is 5.44. The van der Waals surface area contributed by atoms with Crippen LogP contribution in [0.25, 0.3) is 0 Å². The molecule has 18 heavy (non-hydrogen) atoms. The van der Waals surface area contributed by atoms with Crippen LogP contribution in [0.15, 0.2) is 34.5 Å². The SMILES string of the molecule is C=C[C@]1(CO)O[C@@H](n2ccc(=O)[nH]c2=O)C[C@@H]1O. The van der Waals surface area contributed by atoms with Crippen molar-refractivity contribution in [3.05, 3.63) is 45.8 Å².